The van der Waals surface area contributed by atoms with Gasteiger partial charge < -0.3 is 4.90 Å². The van der Waals surface area contributed by atoms with Crippen molar-refractivity contribution in [2.45, 2.75) is 5.41 Å². The summed E-state index contributed by atoms with van der Waals surface area (Å²) in [5.41, 5.74) is 12.8. The Kier molecular flexibility index (Phi) is 7.29. The number of pyridine rings is 1. The molecule has 0 radical (unpaired) electrons. The summed E-state index contributed by atoms with van der Waals surface area (Å²) in [5, 5.41) is 4.90. The van der Waals surface area contributed by atoms with E-state index in [2.05, 4.69) is 205 Å². The van der Waals surface area contributed by atoms with Gasteiger partial charge in [-0.1, -0.05) is 170 Å². The van der Waals surface area contributed by atoms with E-state index in [0.29, 0.717) is 0 Å². The molecule has 2 nitrogen and oxygen atoms in total. The van der Waals surface area contributed by atoms with Gasteiger partial charge in [0.1, 0.15) is 4.83 Å². The molecule has 10 aromatic rings. The number of nitrogens with zero attached hydrogens (tertiary/aromatic N) is 2. The Balaban J connectivity index is 1.20. The number of hydrogen-bond donors (Lipinski definition) is 0. The van der Waals surface area contributed by atoms with Gasteiger partial charge in [-0.2, -0.15) is 0 Å². The van der Waals surface area contributed by atoms with E-state index in [9.17, 15) is 0 Å². The Hall–Kier alpha value is -6.81. The van der Waals surface area contributed by atoms with Gasteiger partial charge in [0.2, 0.25) is 0 Å². The fourth-order valence-corrected chi connectivity index (χ4v) is 10.2. The predicted octanol–water partition coefficient (Wildman–Crippen LogP) is 14.1. The maximum atomic E-state index is 4.99. The average Bonchev–Trinajstić information content (AvgIpc) is 3.80. The van der Waals surface area contributed by atoms with Crippen LogP contribution in [-0.2, 0) is 5.41 Å². The van der Waals surface area contributed by atoms with Gasteiger partial charge in [0.05, 0.1) is 11.1 Å². The van der Waals surface area contributed by atoms with Gasteiger partial charge in [-0.3, -0.25) is 0 Å². The standard InChI is InChI=1S/C52H34N2S/c1-4-14-35(15-5-1)36-24-27-40(28-25-36)54(48-32-33-53-51-49(48)45-30-26-37-16-10-11-21-42(37)50(45)55-51)41-29-31-44-43-22-12-13-23-46(43)52(47(44)34-41,38-17-6-2-7-18-38)39-19-8-3-9-20-39/h1-34H. The van der Waals surface area contributed by atoms with Crippen molar-refractivity contribution >= 4 is 59.5 Å². The fourth-order valence-electron chi connectivity index (χ4n) is 9.03. The molecule has 8 aromatic carbocycles. The molecule has 0 aliphatic heterocycles. The van der Waals surface area contributed by atoms with Crippen LogP contribution >= 0.6 is 11.3 Å². The quantitative estimate of drug-likeness (QED) is 0.170. The molecule has 1 aliphatic rings. The Morgan fingerprint density at radius 2 is 1.07 bits per heavy atom. The number of anilines is 3. The van der Waals surface area contributed by atoms with Crippen molar-refractivity contribution in [1.29, 1.82) is 0 Å². The summed E-state index contributed by atoms with van der Waals surface area (Å²) in [6, 6.07) is 73.2. The van der Waals surface area contributed by atoms with Gasteiger partial charge in [0.25, 0.3) is 0 Å². The first-order valence-electron chi connectivity index (χ1n) is 18.8. The third-order valence-corrected chi connectivity index (χ3v) is 12.6. The number of hydrogen-bond acceptors (Lipinski definition) is 3. The lowest BCUT2D eigenvalue weighted by molar-refractivity contribution is 0.768. The monoisotopic (exact) mass is 718 g/mol. The molecule has 2 heterocycles. The predicted molar refractivity (Wildman–Crippen MR) is 232 cm³/mol. The van der Waals surface area contributed by atoms with Crippen molar-refractivity contribution in [2.24, 2.45) is 0 Å². The number of thiophene rings is 1. The molecule has 55 heavy (non-hydrogen) atoms. The highest BCUT2D eigenvalue weighted by molar-refractivity contribution is 7.26. The van der Waals surface area contributed by atoms with Crippen molar-refractivity contribution in [3.63, 3.8) is 0 Å². The van der Waals surface area contributed by atoms with E-state index in [1.54, 1.807) is 11.3 Å². The molecule has 0 spiro atoms. The van der Waals surface area contributed by atoms with Gasteiger partial charge in [-0.25, -0.2) is 4.98 Å². The third-order valence-electron chi connectivity index (χ3n) is 11.4. The first kappa shape index (κ1) is 31.7. The molecule has 3 heteroatoms. The normalized spacial score (nSPS) is 12.9. The van der Waals surface area contributed by atoms with E-state index in [1.807, 2.05) is 6.20 Å². The molecule has 0 N–H and O–H groups in total. The number of rotatable bonds is 6. The minimum Gasteiger partial charge on any atom is -0.310 e. The topological polar surface area (TPSA) is 16.1 Å². The van der Waals surface area contributed by atoms with Gasteiger partial charge >= 0.3 is 0 Å². The van der Waals surface area contributed by atoms with Crippen molar-refractivity contribution in [2.75, 3.05) is 4.90 Å². The van der Waals surface area contributed by atoms with Gasteiger partial charge in [-0.15, -0.1) is 11.3 Å². The molecule has 0 amide bonds. The lowest BCUT2D eigenvalue weighted by Gasteiger charge is -2.35. The molecule has 258 valence electrons. The van der Waals surface area contributed by atoms with Crippen LogP contribution in [-0.4, -0.2) is 4.98 Å². The van der Waals surface area contributed by atoms with Gasteiger partial charge in [0, 0.05) is 33.0 Å². The number of aromatic nitrogens is 1. The van der Waals surface area contributed by atoms with Crippen molar-refractivity contribution < 1.29 is 0 Å². The molecule has 0 unspecified atom stereocenters. The van der Waals surface area contributed by atoms with Crippen LogP contribution in [0.3, 0.4) is 0 Å². The van der Waals surface area contributed by atoms with E-state index < -0.39 is 5.41 Å². The SMILES string of the molecule is c1ccc(-c2ccc(N(c3ccc4c(c3)C(c3ccccc3)(c3ccccc3)c3ccccc3-4)c3ccnc4sc5c6ccccc6ccc5c34)cc2)cc1. The Morgan fingerprint density at radius 3 is 1.84 bits per heavy atom. The second-order valence-electron chi connectivity index (χ2n) is 14.3. The van der Waals surface area contributed by atoms with Crippen LogP contribution in [0, 0.1) is 0 Å². The van der Waals surface area contributed by atoms with E-state index >= 15 is 0 Å². The molecule has 0 fully saturated rings. The van der Waals surface area contributed by atoms with Crippen LogP contribution in [0.4, 0.5) is 17.1 Å². The van der Waals surface area contributed by atoms with Crippen LogP contribution in [0.5, 0.6) is 0 Å². The zero-order chi connectivity index (χ0) is 36.3. The minimum atomic E-state index is -0.505. The van der Waals surface area contributed by atoms with Crippen LogP contribution in [0.25, 0.3) is 53.3 Å². The van der Waals surface area contributed by atoms with Crippen LogP contribution in [0.2, 0.25) is 0 Å². The van der Waals surface area contributed by atoms with Crippen molar-refractivity contribution in [3.8, 4) is 22.3 Å². The lowest BCUT2D eigenvalue weighted by Crippen LogP contribution is -2.28. The van der Waals surface area contributed by atoms with E-state index in [0.717, 1.165) is 21.9 Å². The molecular weight excluding hydrogens is 685 g/mol. The second-order valence-corrected chi connectivity index (χ2v) is 15.3. The highest BCUT2D eigenvalue weighted by Gasteiger charge is 2.46. The van der Waals surface area contributed by atoms with Crippen LogP contribution in [0.1, 0.15) is 22.3 Å². The molecule has 0 saturated carbocycles. The summed E-state index contributed by atoms with van der Waals surface area (Å²) in [4.78, 5) is 8.47. The number of fused-ring (bicyclic) bond motifs is 8. The van der Waals surface area contributed by atoms with Crippen LogP contribution < -0.4 is 4.90 Å². The van der Waals surface area contributed by atoms with Crippen molar-refractivity contribution in [3.05, 3.63) is 229 Å². The second kappa shape index (κ2) is 12.7. The molecular formula is C52H34N2S. The van der Waals surface area contributed by atoms with Crippen molar-refractivity contribution in [1.82, 2.24) is 4.98 Å². The lowest BCUT2D eigenvalue weighted by atomic mass is 9.67. The highest BCUT2D eigenvalue weighted by atomic mass is 32.1. The summed E-state index contributed by atoms with van der Waals surface area (Å²) in [5.74, 6) is 0. The summed E-state index contributed by atoms with van der Waals surface area (Å²) in [7, 11) is 0. The Morgan fingerprint density at radius 1 is 0.455 bits per heavy atom. The highest BCUT2D eigenvalue weighted by Crippen LogP contribution is 2.57. The molecule has 2 aromatic heterocycles. The van der Waals surface area contributed by atoms with E-state index in [-0.39, 0.29) is 0 Å². The Labute approximate surface area is 324 Å². The van der Waals surface area contributed by atoms with Crippen LogP contribution in [0.15, 0.2) is 206 Å². The first-order chi connectivity index (χ1) is 27.3. The fraction of sp³-hybridized carbons (Fsp3) is 0.0192. The molecule has 1 aliphatic carbocycles. The maximum absolute atomic E-state index is 4.99. The van der Waals surface area contributed by atoms with E-state index in [4.69, 9.17) is 4.98 Å². The summed E-state index contributed by atoms with van der Waals surface area (Å²) in [6.07, 6.45) is 1.97. The molecule has 0 atom stereocenters. The largest absolute Gasteiger partial charge is 0.310 e. The summed E-state index contributed by atoms with van der Waals surface area (Å²) < 4.78 is 1.27. The number of benzene rings is 8. The molecule has 0 saturated heterocycles. The zero-order valence-corrected chi connectivity index (χ0v) is 30.7. The van der Waals surface area contributed by atoms with Gasteiger partial charge in [-0.05, 0) is 85.6 Å². The molecule has 0 bridgehead atoms. The smallest absolute Gasteiger partial charge is 0.126 e. The zero-order valence-electron chi connectivity index (χ0n) is 29.9. The summed E-state index contributed by atoms with van der Waals surface area (Å²) >= 11 is 1.78. The molecule has 11 rings (SSSR count). The average molecular weight is 719 g/mol. The first-order valence-corrected chi connectivity index (χ1v) is 19.6. The third kappa shape index (κ3) is 4.83. The summed E-state index contributed by atoms with van der Waals surface area (Å²) in [6.45, 7) is 0. The van der Waals surface area contributed by atoms with E-state index in [1.165, 1.54) is 70.8 Å². The Bertz CT molecular complexity index is 2980. The van der Waals surface area contributed by atoms with Gasteiger partial charge in [0.15, 0.2) is 0 Å². The minimum absolute atomic E-state index is 0.505. The maximum Gasteiger partial charge on any atom is 0.126 e.